The number of hydrogen-bond donors (Lipinski definition) is 1. The van der Waals surface area contributed by atoms with Crippen molar-refractivity contribution in [3.8, 4) is 0 Å². The Hall–Kier alpha value is -0.840. The van der Waals surface area contributed by atoms with E-state index in [1.54, 1.807) is 17.1 Å². The maximum absolute atomic E-state index is 11.8. The Labute approximate surface area is 104 Å². The minimum Gasteiger partial charge on any atom is -0.351 e. The molecule has 0 atom stereocenters. The Kier molecular flexibility index (Phi) is 3.33. The minimum atomic E-state index is -0.0195. The van der Waals surface area contributed by atoms with E-state index in [4.69, 9.17) is 0 Å². The summed E-state index contributed by atoms with van der Waals surface area (Å²) in [5.41, 5.74) is 0.999. The van der Waals surface area contributed by atoms with Crippen LogP contribution in [0.5, 0.6) is 0 Å². The van der Waals surface area contributed by atoms with Gasteiger partial charge in [0.25, 0.3) is 5.91 Å². The van der Waals surface area contributed by atoms with E-state index < -0.39 is 0 Å². The second-order valence-corrected chi connectivity index (χ2v) is 5.32. The standard InChI is InChI=1S/C11H16BrN3O/c1-15-7-9(6-14-15)10(16)13-8-11(2-3-11)4-5-12/h6-7H,2-5,8H2,1H3,(H,13,16). The summed E-state index contributed by atoms with van der Waals surface area (Å²) in [6, 6.07) is 0. The lowest BCUT2D eigenvalue weighted by Crippen LogP contribution is -2.30. The molecule has 1 saturated carbocycles. The van der Waals surface area contributed by atoms with Crippen molar-refractivity contribution in [1.29, 1.82) is 0 Å². The van der Waals surface area contributed by atoms with Crippen LogP contribution < -0.4 is 5.32 Å². The lowest BCUT2D eigenvalue weighted by molar-refractivity contribution is 0.0944. The van der Waals surface area contributed by atoms with Gasteiger partial charge in [0.2, 0.25) is 0 Å². The van der Waals surface area contributed by atoms with E-state index in [0.29, 0.717) is 11.0 Å². The molecule has 1 aromatic rings. The van der Waals surface area contributed by atoms with Crippen LogP contribution in [-0.2, 0) is 7.05 Å². The number of carbonyl (C=O) groups excluding carboxylic acids is 1. The zero-order valence-corrected chi connectivity index (χ0v) is 11.0. The molecular formula is C11H16BrN3O. The smallest absolute Gasteiger partial charge is 0.254 e. The highest BCUT2D eigenvalue weighted by molar-refractivity contribution is 9.09. The topological polar surface area (TPSA) is 46.9 Å². The van der Waals surface area contributed by atoms with Gasteiger partial charge < -0.3 is 5.32 Å². The maximum Gasteiger partial charge on any atom is 0.254 e. The quantitative estimate of drug-likeness (QED) is 0.838. The maximum atomic E-state index is 11.8. The first-order valence-corrected chi connectivity index (χ1v) is 6.60. The molecule has 0 spiro atoms. The van der Waals surface area contributed by atoms with Crippen LogP contribution in [0.3, 0.4) is 0 Å². The third kappa shape index (κ3) is 2.64. The van der Waals surface area contributed by atoms with Gasteiger partial charge in [0.15, 0.2) is 0 Å². The number of aromatic nitrogens is 2. The lowest BCUT2D eigenvalue weighted by Gasteiger charge is -2.13. The molecule has 0 saturated heterocycles. The summed E-state index contributed by atoms with van der Waals surface area (Å²) in [5.74, 6) is -0.0195. The number of aryl methyl sites for hydroxylation is 1. The van der Waals surface area contributed by atoms with Crippen molar-refractivity contribution in [2.45, 2.75) is 19.3 Å². The van der Waals surface area contributed by atoms with E-state index in [9.17, 15) is 4.79 Å². The molecule has 1 aliphatic rings. The summed E-state index contributed by atoms with van der Waals surface area (Å²) >= 11 is 3.45. The Morgan fingerprint density at radius 2 is 2.44 bits per heavy atom. The van der Waals surface area contributed by atoms with Crippen LogP contribution in [0.4, 0.5) is 0 Å². The molecule has 16 heavy (non-hydrogen) atoms. The molecule has 4 nitrogen and oxygen atoms in total. The fourth-order valence-electron chi connectivity index (χ4n) is 1.80. The number of halogens is 1. The first-order chi connectivity index (χ1) is 7.65. The van der Waals surface area contributed by atoms with Gasteiger partial charge in [-0.3, -0.25) is 9.48 Å². The number of amides is 1. The summed E-state index contributed by atoms with van der Waals surface area (Å²) < 4.78 is 1.64. The second kappa shape index (κ2) is 4.57. The fraction of sp³-hybridized carbons (Fsp3) is 0.636. The molecule has 1 amide bonds. The van der Waals surface area contributed by atoms with Gasteiger partial charge in [0.05, 0.1) is 11.8 Å². The summed E-state index contributed by atoms with van der Waals surface area (Å²) in [4.78, 5) is 11.8. The molecule has 0 aliphatic heterocycles. The molecule has 0 radical (unpaired) electrons. The number of nitrogens with zero attached hydrogens (tertiary/aromatic N) is 2. The monoisotopic (exact) mass is 285 g/mol. The normalized spacial score (nSPS) is 17.1. The van der Waals surface area contributed by atoms with Crippen molar-refractivity contribution in [2.75, 3.05) is 11.9 Å². The van der Waals surface area contributed by atoms with Crippen molar-refractivity contribution in [2.24, 2.45) is 12.5 Å². The molecule has 1 aromatic heterocycles. The average Bonchev–Trinajstić information content (AvgIpc) is 2.89. The van der Waals surface area contributed by atoms with Crippen molar-refractivity contribution in [1.82, 2.24) is 15.1 Å². The Bertz CT molecular complexity index is 384. The van der Waals surface area contributed by atoms with Gasteiger partial charge in [-0.25, -0.2) is 0 Å². The van der Waals surface area contributed by atoms with Crippen LogP contribution in [0.1, 0.15) is 29.6 Å². The first-order valence-electron chi connectivity index (χ1n) is 5.48. The highest BCUT2D eigenvalue weighted by Gasteiger charge is 2.41. The van der Waals surface area contributed by atoms with Gasteiger partial charge in [-0.05, 0) is 24.7 Å². The average molecular weight is 286 g/mol. The van der Waals surface area contributed by atoms with E-state index in [1.807, 2.05) is 7.05 Å². The van der Waals surface area contributed by atoms with Gasteiger partial charge in [-0.1, -0.05) is 15.9 Å². The number of rotatable bonds is 5. The van der Waals surface area contributed by atoms with Crippen molar-refractivity contribution in [3.63, 3.8) is 0 Å². The van der Waals surface area contributed by atoms with E-state index in [2.05, 4.69) is 26.3 Å². The third-order valence-corrected chi connectivity index (χ3v) is 3.57. The van der Waals surface area contributed by atoms with Crippen LogP contribution in [0.25, 0.3) is 0 Å². The highest BCUT2D eigenvalue weighted by atomic mass is 79.9. The highest BCUT2D eigenvalue weighted by Crippen LogP contribution is 2.48. The molecule has 1 heterocycles. The SMILES string of the molecule is Cn1cc(C(=O)NCC2(CCBr)CC2)cn1. The van der Waals surface area contributed by atoms with Crippen LogP contribution >= 0.6 is 15.9 Å². The number of hydrogen-bond acceptors (Lipinski definition) is 2. The summed E-state index contributed by atoms with van der Waals surface area (Å²) in [6.45, 7) is 0.784. The Morgan fingerprint density at radius 1 is 1.69 bits per heavy atom. The van der Waals surface area contributed by atoms with Crippen molar-refractivity contribution in [3.05, 3.63) is 18.0 Å². The molecule has 2 rings (SSSR count). The van der Waals surface area contributed by atoms with Crippen LogP contribution in [-0.4, -0.2) is 27.6 Å². The third-order valence-electron chi connectivity index (χ3n) is 3.17. The molecule has 0 aromatic carbocycles. The lowest BCUT2D eigenvalue weighted by atomic mass is 10.0. The van der Waals surface area contributed by atoms with Gasteiger partial charge in [0, 0.05) is 25.1 Å². The summed E-state index contributed by atoms with van der Waals surface area (Å²) in [5, 5.41) is 7.98. The molecule has 0 unspecified atom stereocenters. The Morgan fingerprint density at radius 3 is 2.94 bits per heavy atom. The number of nitrogens with one attached hydrogen (secondary N) is 1. The first kappa shape index (κ1) is 11.6. The van der Waals surface area contributed by atoms with E-state index >= 15 is 0 Å². The van der Waals surface area contributed by atoms with E-state index in [-0.39, 0.29) is 5.91 Å². The summed E-state index contributed by atoms with van der Waals surface area (Å²) in [6.07, 6.45) is 6.93. The second-order valence-electron chi connectivity index (χ2n) is 4.52. The van der Waals surface area contributed by atoms with Gasteiger partial charge >= 0.3 is 0 Å². The van der Waals surface area contributed by atoms with Gasteiger partial charge in [-0.15, -0.1) is 0 Å². The molecule has 1 fully saturated rings. The fourth-order valence-corrected chi connectivity index (χ4v) is 2.64. The van der Waals surface area contributed by atoms with Crippen LogP contribution in [0, 0.1) is 5.41 Å². The molecular weight excluding hydrogens is 270 g/mol. The van der Waals surface area contributed by atoms with Crippen LogP contribution in [0.2, 0.25) is 0 Å². The zero-order valence-electron chi connectivity index (χ0n) is 9.37. The molecule has 0 bridgehead atoms. The molecule has 1 N–H and O–H groups in total. The van der Waals surface area contributed by atoms with Crippen molar-refractivity contribution >= 4 is 21.8 Å². The van der Waals surface area contributed by atoms with Gasteiger partial charge in [0.1, 0.15) is 0 Å². The number of alkyl halides is 1. The van der Waals surface area contributed by atoms with Crippen molar-refractivity contribution < 1.29 is 4.79 Å². The largest absolute Gasteiger partial charge is 0.351 e. The van der Waals surface area contributed by atoms with Gasteiger partial charge in [-0.2, -0.15) is 5.10 Å². The molecule has 5 heteroatoms. The number of carbonyl (C=O) groups is 1. The van der Waals surface area contributed by atoms with E-state index in [0.717, 1.165) is 18.3 Å². The minimum absolute atomic E-state index is 0.0195. The molecule has 88 valence electrons. The summed E-state index contributed by atoms with van der Waals surface area (Å²) in [7, 11) is 1.81. The molecule has 1 aliphatic carbocycles. The zero-order chi connectivity index (χ0) is 11.6. The predicted octanol–water partition coefficient (Wildman–Crippen LogP) is 1.72. The Balaban J connectivity index is 1.84. The van der Waals surface area contributed by atoms with Crippen LogP contribution in [0.15, 0.2) is 12.4 Å². The predicted molar refractivity (Wildman–Crippen MR) is 65.6 cm³/mol. The van der Waals surface area contributed by atoms with E-state index in [1.165, 1.54) is 12.8 Å².